The summed E-state index contributed by atoms with van der Waals surface area (Å²) in [5.41, 5.74) is -1.06. The lowest BCUT2D eigenvalue weighted by atomic mass is 9.91. The fourth-order valence-electron chi connectivity index (χ4n) is 3.73. The zero-order valence-electron chi connectivity index (χ0n) is 16.5. The highest BCUT2D eigenvalue weighted by Gasteiger charge is 2.45. The highest BCUT2D eigenvalue weighted by atomic mass is 19.1. The van der Waals surface area contributed by atoms with Gasteiger partial charge in [0.15, 0.2) is 5.67 Å². The number of amides is 1. The lowest BCUT2D eigenvalue weighted by Gasteiger charge is -2.37. The summed E-state index contributed by atoms with van der Waals surface area (Å²) in [5, 5.41) is 9.22. The number of anilines is 1. The molecule has 0 spiro atoms. The van der Waals surface area contributed by atoms with Crippen molar-refractivity contribution in [3.8, 4) is 17.7 Å². The van der Waals surface area contributed by atoms with Crippen molar-refractivity contribution in [2.45, 2.75) is 25.1 Å². The third kappa shape index (κ3) is 3.70. The van der Waals surface area contributed by atoms with Crippen molar-refractivity contribution in [3.63, 3.8) is 0 Å². The molecule has 0 unspecified atom stereocenters. The third-order valence-corrected chi connectivity index (χ3v) is 5.40. The van der Waals surface area contributed by atoms with Gasteiger partial charge in [-0.25, -0.2) is 9.37 Å². The van der Waals surface area contributed by atoms with Crippen LogP contribution in [0.2, 0.25) is 0 Å². The molecule has 2 aromatic heterocycles. The van der Waals surface area contributed by atoms with E-state index < -0.39 is 11.6 Å². The van der Waals surface area contributed by atoms with Crippen molar-refractivity contribution in [2.75, 3.05) is 38.3 Å². The summed E-state index contributed by atoms with van der Waals surface area (Å²) in [7, 11) is 1.52. The molecule has 2 aliphatic rings. The summed E-state index contributed by atoms with van der Waals surface area (Å²) >= 11 is 0. The van der Waals surface area contributed by atoms with Crippen molar-refractivity contribution < 1.29 is 18.7 Å². The van der Waals surface area contributed by atoms with Crippen LogP contribution in [0.5, 0.6) is 11.6 Å². The van der Waals surface area contributed by atoms with Gasteiger partial charge in [0.05, 0.1) is 20.2 Å². The monoisotopic (exact) mass is 412 g/mol. The number of nitrogens with zero attached hydrogens (tertiary/aromatic N) is 6. The van der Waals surface area contributed by atoms with Crippen LogP contribution in [0.3, 0.4) is 0 Å². The first kappa shape index (κ1) is 19.8. The minimum atomic E-state index is -1.97. The Morgan fingerprint density at radius 2 is 2.13 bits per heavy atom. The molecule has 0 aromatic carbocycles. The van der Waals surface area contributed by atoms with E-state index in [1.54, 1.807) is 18.5 Å². The average molecular weight is 412 g/mol. The number of fused-ring (bicyclic) bond motifs is 1. The zero-order valence-corrected chi connectivity index (χ0v) is 16.5. The summed E-state index contributed by atoms with van der Waals surface area (Å²) in [4.78, 5) is 28.9. The van der Waals surface area contributed by atoms with E-state index in [0.717, 1.165) is 0 Å². The van der Waals surface area contributed by atoms with Gasteiger partial charge in [0, 0.05) is 56.2 Å². The van der Waals surface area contributed by atoms with Crippen molar-refractivity contribution >= 4 is 11.9 Å². The van der Waals surface area contributed by atoms with Gasteiger partial charge in [0.25, 0.3) is 5.91 Å². The molecular weight excluding hydrogens is 391 g/mol. The summed E-state index contributed by atoms with van der Waals surface area (Å²) < 4.78 is 26.4. The predicted molar refractivity (Wildman–Crippen MR) is 104 cm³/mol. The lowest BCUT2D eigenvalue weighted by molar-refractivity contribution is -0.146. The van der Waals surface area contributed by atoms with Gasteiger partial charge in [-0.05, 0) is 0 Å². The van der Waals surface area contributed by atoms with Gasteiger partial charge in [-0.15, -0.1) is 0 Å². The molecular formula is C20H21FN6O3. The molecule has 4 heterocycles. The quantitative estimate of drug-likeness (QED) is 0.747. The Balaban J connectivity index is 1.46. The summed E-state index contributed by atoms with van der Waals surface area (Å²) in [6, 6.07) is 3.68. The van der Waals surface area contributed by atoms with E-state index in [4.69, 9.17) is 9.47 Å². The van der Waals surface area contributed by atoms with E-state index in [9.17, 15) is 10.1 Å². The highest BCUT2D eigenvalue weighted by Crippen LogP contribution is 2.33. The molecule has 10 heteroatoms. The average Bonchev–Trinajstić information content (AvgIpc) is 3.01. The third-order valence-electron chi connectivity index (χ3n) is 5.40. The minimum Gasteiger partial charge on any atom is -0.490 e. The van der Waals surface area contributed by atoms with Gasteiger partial charge in [-0.3, -0.25) is 9.78 Å². The molecule has 30 heavy (non-hydrogen) atoms. The molecule has 4 rings (SSSR count). The molecule has 0 atom stereocenters. The molecule has 1 amide bonds. The molecule has 9 nitrogen and oxygen atoms in total. The number of piperidine rings is 1. The normalized spacial score (nSPS) is 17.9. The van der Waals surface area contributed by atoms with E-state index >= 15 is 4.39 Å². The molecule has 0 aliphatic carbocycles. The number of rotatable bonds is 3. The van der Waals surface area contributed by atoms with Crippen molar-refractivity contribution in [1.82, 2.24) is 19.9 Å². The van der Waals surface area contributed by atoms with Crippen molar-refractivity contribution in [3.05, 3.63) is 35.8 Å². The lowest BCUT2D eigenvalue weighted by Crippen LogP contribution is -2.53. The zero-order chi connectivity index (χ0) is 21.1. The summed E-state index contributed by atoms with van der Waals surface area (Å²) in [5.74, 6) is 0.742. The molecule has 0 bridgehead atoms. The van der Waals surface area contributed by atoms with Crippen LogP contribution in [0.4, 0.5) is 10.3 Å². The molecule has 2 aliphatic heterocycles. The Morgan fingerprint density at radius 1 is 1.33 bits per heavy atom. The number of aromatic nitrogens is 3. The van der Waals surface area contributed by atoms with Gasteiger partial charge in [-0.2, -0.15) is 10.2 Å². The summed E-state index contributed by atoms with van der Waals surface area (Å²) in [6.07, 6.45) is 4.63. The van der Waals surface area contributed by atoms with E-state index in [0.29, 0.717) is 41.8 Å². The standard InChI is InChI=1S/C20H21FN6O3/c1-29-16-2-5-24-19(25-16)26-6-3-20(21,4-7-26)18(28)27-8-9-30-17-14(10-22)11-23-12-15(17)13-27/h2,5,11-12H,3-4,6-9,13H2,1H3. The fraction of sp³-hybridized carbons (Fsp3) is 0.450. The van der Waals surface area contributed by atoms with Crippen LogP contribution >= 0.6 is 0 Å². The molecule has 156 valence electrons. The van der Waals surface area contributed by atoms with Gasteiger partial charge in [-0.1, -0.05) is 0 Å². The second-order valence-corrected chi connectivity index (χ2v) is 7.21. The molecule has 2 aromatic rings. The number of nitriles is 1. The van der Waals surface area contributed by atoms with Crippen LogP contribution in [0.1, 0.15) is 24.0 Å². The fourth-order valence-corrected chi connectivity index (χ4v) is 3.73. The van der Waals surface area contributed by atoms with Crippen LogP contribution in [-0.2, 0) is 11.3 Å². The van der Waals surface area contributed by atoms with E-state index in [1.165, 1.54) is 18.2 Å². The van der Waals surface area contributed by atoms with Crippen LogP contribution in [0.25, 0.3) is 0 Å². The second-order valence-electron chi connectivity index (χ2n) is 7.21. The smallest absolute Gasteiger partial charge is 0.260 e. The number of hydrogen-bond donors (Lipinski definition) is 0. The molecule has 1 fully saturated rings. The largest absolute Gasteiger partial charge is 0.490 e. The number of pyridine rings is 1. The van der Waals surface area contributed by atoms with Gasteiger partial charge in [0.2, 0.25) is 11.8 Å². The first-order valence-corrected chi connectivity index (χ1v) is 9.64. The number of hydrogen-bond acceptors (Lipinski definition) is 8. The Labute approximate surface area is 173 Å². The molecule has 0 saturated carbocycles. The predicted octanol–water partition coefficient (Wildman–Crippen LogP) is 1.48. The Kier molecular flexibility index (Phi) is 5.35. The molecule has 1 saturated heterocycles. The van der Waals surface area contributed by atoms with Crippen molar-refractivity contribution in [1.29, 1.82) is 5.26 Å². The number of ether oxygens (including phenoxy) is 2. The van der Waals surface area contributed by atoms with E-state index in [-0.39, 0.29) is 32.5 Å². The highest BCUT2D eigenvalue weighted by molar-refractivity contribution is 5.85. The van der Waals surface area contributed by atoms with Crippen LogP contribution < -0.4 is 14.4 Å². The number of alkyl halides is 1. The maximum atomic E-state index is 15.6. The number of methoxy groups -OCH3 is 1. The van der Waals surface area contributed by atoms with Crippen molar-refractivity contribution in [2.24, 2.45) is 0 Å². The molecule has 0 radical (unpaired) electrons. The van der Waals surface area contributed by atoms with Gasteiger partial charge >= 0.3 is 0 Å². The number of carbonyl (C=O) groups excluding carboxylic acids is 1. The van der Waals surface area contributed by atoms with Crippen LogP contribution in [-0.4, -0.2) is 64.8 Å². The Bertz CT molecular complexity index is 987. The summed E-state index contributed by atoms with van der Waals surface area (Å²) in [6.45, 7) is 1.22. The van der Waals surface area contributed by atoms with Crippen LogP contribution in [0.15, 0.2) is 24.7 Å². The first-order chi connectivity index (χ1) is 14.5. The SMILES string of the molecule is COc1ccnc(N2CCC(F)(C(=O)N3CCOc4c(C#N)cncc4C3)CC2)n1. The van der Waals surface area contributed by atoms with E-state index in [2.05, 4.69) is 15.0 Å². The van der Waals surface area contributed by atoms with Gasteiger partial charge < -0.3 is 19.3 Å². The first-order valence-electron chi connectivity index (χ1n) is 9.64. The molecule has 0 N–H and O–H groups in total. The van der Waals surface area contributed by atoms with E-state index in [1.807, 2.05) is 11.0 Å². The topological polar surface area (TPSA) is 104 Å². The van der Waals surface area contributed by atoms with Gasteiger partial charge in [0.1, 0.15) is 24.0 Å². The number of halogens is 1. The second kappa shape index (κ2) is 8.10. The minimum absolute atomic E-state index is 0.0348. The maximum absolute atomic E-state index is 15.6. The Hall–Kier alpha value is -3.48. The Morgan fingerprint density at radius 3 is 2.87 bits per heavy atom. The van der Waals surface area contributed by atoms with Crippen LogP contribution in [0, 0.1) is 11.3 Å². The maximum Gasteiger partial charge on any atom is 0.260 e. The number of carbonyl (C=O) groups is 1.